The standard InChI is InChI=1S/C24H18N4O2/c29-24-23-14-19(27-18-6-10-25-11-7-18)5-4-17(23)16-28(24)20-2-1-3-22(15-20)30-21-8-12-26-13-9-21/h1-15H,16H2,(H,25,27). The summed E-state index contributed by atoms with van der Waals surface area (Å²) in [6, 6.07) is 20.8. The second-order valence-corrected chi connectivity index (χ2v) is 6.91. The van der Waals surface area contributed by atoms with E-state index in [4.69, 9.17) is 4.74 Å². The number of carbonyl (C=O) groups excluding carboxylic acids is 1. The topological polar surface area (TPSA) is 67.4 Å². The molecule has 0 bridgehead atoms. The lowest BCUT2D eigenvalue weighted by atomic mass is 10.1. The van der Waals surface area contributed by atoms with Gasteiger partial charge in [-0.25, -0.2) is 0 Å². The molecule has 0 spiro atoms. The number of aromatic nitrogens is 2. The molecule has 1 aliphatic rings. The Labute approximate surface area is 173 Å². The zero-order chi connectivity index (χ0) is 20.3. The van der Waals surface area contributed by atoms with E-state index in [2.05, 4.69) is 15.3 Å². The maximum atomic E-state index is 13.1. The summed E-state index contributed by atoms with van der Waals surface area (Å²) < 4.78 is 5.88. The van der Waals surface area contributed by atoms with Gasteiger partial charge in [0.2, 0.25) is 0 Å². The van der Waals surface area contributed by atoms with E-state index in [1.54, 1.807) is 41.8 Å². The van der Waals surface area contributed by atoms with Gasteiger partial charge in [0.25, 0.3) is 5.91 Å². The number of pyridine rings is 2. The zero-order valence-electron chi connectivity index (χ0n) is 16.0. The Balaban J connectivity index is 1.37. The summed E-state index contributed by atoms with van der Waals surface area (Å²) in [7, 11) is 0. The zero-order valence-corrected chi connectivity index (χ0v) is 16.0. The van der Waals surface area contributed by atoms with Crippen molar-refractivity contribution in [2.45, 2.75) is 6.54 Å². The number of rotatable bonds is 5. The van der Waals surface area contributed by atoms with Gasteiger partial charge in [-0.15, -0.1) is 0 Å². The van der Waals surface area contributed by atoms with Crippen LogP contribution in [0.15, 0.2) is 91.5 Å². The predicted octanol–water partition coefficient (Wildman–Crippen LogP) is 5.17. The van der Waals surface area contributed by atoms with Gasteiger partial charge in [0.1, 0.15) is 11.5 Å². The maximum absolute atomic E-state index is 13.1. The molecule has 0 fully saturated rings. The number of hydrogen-bond acceptors (Lipinski definition) is 5. The van der Waals surface area contributed by atoms with Gasteiger partial charge in [-0.1, -0.05) is 12.1 Å². The smallest absolute Gasteiger partial charge is 0.259 e. The normalized spacial score (nSPS) is 12.5. The van der Waals surface area contributed by atoms with Crippen molar-refractivity contribution in [2.75, 3.05) is 10.2 Å². The molecule has 146 valence electrons. The number of amides is 1. The van der Waals surface area contributed by atoms with Crippen LogP contribution in [0.5, 0.6) is 11.5 Å². The van der Waals surface area contributed by atoms with Crippen molar-refractivity contribution in [3.05, 3.63) is 103 Å². The van der Waals surface area contributed by atoms with Gasteiger partial charge >= 0.3 is 0 Å². The molecule has 1 amide bonds. The van der Waals surface area contributed by atoms with Gasteiger partial charge in [-0.05, 0) is 54.1 Å². The quantitative estimate of drug-likeness (QED) is 0.506. The summed E-state index contributed by atoms with van der Waals surface area (Å²) in [4.78, 5) is 22.9. The summed E-state index contributed by atoms with van der Waals surface area (Å²) in [6.45, 7) is 0.530. The highest BCUT2D eigenvalue weighted by atomic mass is 16.5. The van der Waals surface area contributed by atoms with E-state index in [-0.39, 0.29) is 5.91 Å². The molecule has 1 N–H and O–H groups in total. The van der Waals surface area contributed by atoms with Crippen LogP contribution in [0.25, 0.3) is 0 Å². The van der Waals surface area contributed by atoms with Crippen LogP contribution in [0, 0.1) is 0 Å². The first-order chi connectivity index (χ1) is 14.8. The molecule has 6 heteroatoms. The van der Waals surface area contributed by atoms with Gasteiger partial charge < -0.3 is 15.0 Å². The van der Waals surface area contributed by atoms with E-state index in [1.165, 1.54) is 0 Å². The first-order valence-corrected chi connectivity index (χ1v) is 9.56. The van der Waals surface area contributed by atoms with Crippen molar-refractivity contribution >= 4 is 23.0 Å². The molecule has 5 rings (SSSR count). The van der Waals surface area contributed by atoms with Crippen molar-refractivity contribution in [1.82, 2.24) is 9.97 Å². The van der Waals surface area contributed by atoms with Crippen LogP contribution in [0.3, 0.4) is 0 Å². The molecule has 30 heavy (non-hydrogen) atoms. The number of anilines is 3. The third-order valence-electron chi connectivity index (χ3n) is 4.90. The number of fused-ring (bicyclic) bond motifs is 1. The molecule has 2 aromatic carbocycles. The molecular weight excluding hydrogens is 376 g/mol. The Morgan fingerprint density at radius 2 is 1.57 bits per heavy atom. The Morgan fingerprint density at radius 1 is 0.800 bits per heavy atom. The first kappa shape index (κ1) is 17.9. The van der Waals surface area contributed by atoms with Gasteiger partial charge in [-0.3, -0.25) is 14.8 Å². The highest BCUT2D eigenvalue weighted by molar-refractivity contribution is 6.10. The minimum atomic E-state index is -0.0237. The number of nitrogens with one attached hydrogen (secondary N) is 1. The lowest BCUT2D eigenvalue weighted by Crippen LogP contribution is -2.22. The second-order valence-electron chi connectivity index (χ2n) is 6.91. The van der Waals surface area contributed by atoms with Crippen LogP contribution in [-0.2, 0) is 6.54 Å². The van der Waals surface area contributed by atoms with E-state index in [0.29, 0.717) is 23.6 Å². The van der Waals surface area contributed by atoms with E-state index < -0.39 is 0 Å². The van der Waals surface area contributed by atoms with Crippen molar-refractivity contribution in [1.29, 1.82) is 0 Å². The van der Waals surface area contributed by atoms with Crippen LogP contribution in [-0.4, -0.2) is 15.9 Å². The first-order valence-electron chi connectivity index (χ1n) is 9.56. The molecule has 0 atom stereocenters. The number of benzene rings is 2. The van der Waals surface area contributed by atoms with Gasteiger partial charge in [-0.2, -0.15) is 0 Å². The maximum Gasteiger partial charge on any atom is 0.259 e. The monoisotopic (exact) mass is 394 g/mol. The van der Waals surface area contributed by atoms with Gasteiger partial charge in [0, 0.05) is 53.5 Å². The average Bonchev–Trinajstić information content (AvgIpc) is 3.11. The highest BCUT2D eigenvalue weighted by Crippen LogP contribution is 2.33. The van der Waals surface area contributed by atoms with Gasteiger partial charge in [0.05, 0.1) is 6.54 Å². The molecular formula is C24H18N4O2. The highest BCUT2D eigenvalue weighted by Gasteiger charge is 2.29. The van der Waals surface area contributed by atoms with Crippen molar-refractivity contribution in [3.63, 3.8) is 0 Å². The van der Waals surface area contributed by atoms with Crippen LogP contribution < -0.4 is 15.0 Å². The lowest BCUT2D eigenvalue weighted by Gasteiger charge is -2.17. The van der Waals surface area contributed by atoms with E-state index in [9.17, 15) is 4.79 Å². The van der Waals surface area contributed by atoms with Gasteiger partial charge in [0.15, 0.2) is 0 Å². The lowest BCUT2D eigenvalue weighted by molar-refractivity contribution is 0.0996. The fourth-order valence-electron chi connectivity index (χ4n) is 3.45. The Kier molecular flexibility index (Phi) is 4.57. The molecule has 6 nitrogen and oxygen atoms in total. The Morgan fingerprint density at radius 3 is 2.37 bits per heavy atom. The molecule has 0 saturated carbocycles. The summed E-state index contributed by atoms with van der Waals surface area (Å²) >= 11 is 0. The van der Waals surface area contributed by atoms with Crippen molar-refractivity contribution < 1.29 is 9.53 Å². The predicted molar refractivity (Wildman–Crippen MR) is 115 cm³/mol. The molecule has 0 unspecified atom stereocenters. The number of ether oxygens (including phenoxy) is 1. The summed E-state index contributed by atoms with van der Waals surface area (Å²) in [5.41, 5.74) is 4.29. The molecule has 3 heterocycles. The van der Waals surface area contributed by atoms with Crippen LogP contribution >= 0.6 is 0 Å². The molecule has 0 radical (unpaired) electrons. The van der Waals surface area contributed by atoms with E-state index in [0.717, 1.165) is 22.6 Å². The second kappa shape index (κ2) is 7.67. The molecule has 1 aliphatic heterocycles. The SMILES string of the molecule is O=C1c2cc(Nc3ccncc3)ccc2CN1c1cccc(Oc2ccncc2)c1. The number of carbonyl (C=O) groups is 1. The summed E-state index contributed by atoms with van der Waals surface area (Å²) in [6.07, 6.45) is 6.81. The van der Waals surface area contributed by atoms with E-state index in [1.807, 2.05) is 54.6 Å². The van der Waals surface area contributed by atoms with E-state index >= 15 is 0 Å². The number of nitrogens with zero attached hydrogens (tertiary/aromatic N) is 3. The third kappa shape index (κ3) is 3.58. The largest absolute Gasteiger partial charge is 0.457 e. The molecule has 0 saturated heterocycles. The Hall–Kier alpha value is -4.19. The molecule has 2 aromatic heterocycles. The molecule has 4 aromatic rings. The fourth-order valence-corrected chi connectivity index (χ4v) is 3.45. The average molecular weight is 394 g/mol. The number of hydrogen-bond donors (Lipinski definition) is 1. The minimum Gasteiger partial charge on any atom is -0.457 e. The van der Waals surface area contributed by atoms with Crippen LogP contribution in [0.1, 0.15) is 15.9 Å². The van der Waals surface area contributed by atoms with Crippen LogP contribution in [0.2, 0.25) is 0 Å². The van der Waals surface area contributed by atoms with Crippen molar-refractivity contribution in [3.8, 4) is 11.5 Å². The third-order valence-corrected chi connectivity index (χ3v) is 4.90. The fraction of sp³-hybridized carbons (Fsp3) is 0.0417. The molecule has 0 aliphatic carbocycles. The van der Waals surface area contributed by atoms with Crippen molar-refractivity contribution in [2.24, 2.45) is 0 Å². The Bertz CT molecular complexity index is 1200. The minimum absolute atomic E-state index is 0.0237. The summed E-state index contributed by atoms with van der Waals surface area (Å²) in [5, 5.41) is 3.31. The van der Waals surface area contributed by atoms with Crippen LogP contribution in [0.4, 0.5) is 17.1 Å². The summed E-state index contributed by atoms with van der Waals surface area (Å²) in [5.74, 6) is 1.34.